The lowest BCUT2D eigenvalue weighted by Gasteiger charge is -2.22. The molecule has 0 spiro atoms. The molecule has 0 aromatic heterocycles. The fourth-order valence-corrected chi connectivity index (χ4v) is 1.80. The first-order valence-electron chi connectivity index (χ1n) is 5.99. The van der Waals surface area contributed by atoms with Gasteiger partial charge in [-0.25, -0.2) is 9.18 Å². The van der Waals surface area contributed by atoms with Gasteiger partial charge in [-0.2, -0.15) is 0 Å². The zero-order valence-corrected chi connectivity index (χ0v) is 11.4. The van der Waals surface area contributed by atoms with Crippen LogP contribution in [-0.2, 0) is 4.74 Å². The number of ether oxygens (including phenoxy) is 1. The van der Waals surface area contributed by atoms with E-state index in [1.165, 1.54) is 11.0 Å². The van der Waals surface area contributed by atoms with Gasteiger partial charge in [-0.1, -0.05) is 6.08 Å². The van der Waals surface area contributed by atoms with Crippen molar-refractivity contribution in [3.8, 4) is 0 Å². The van der Waals surface area contributed by atoms with Gasteiger partial charge in [-0.05, 0) is 6.07 Å². The Balaban J connectivity index is 3.46. The highest BCUT2D eigenvalue weighted by atomic mass is 19.1. The van der Waals surface area contributed by atoms with E-state index in [4.69, 9.17) is 5.11 Å². The van der Waals surface area contributed by atoms with E-state index in [9.17, 15) is 19.3 Å². The SMILES string of the molecule is C=CCN(CCO)c1cc(C(=O)OC)c(F)cc1[N+](=O)[O-]. The molecule has 0 unspecified atom stereocenters. The van der Waals surface area contributed by atoms with E-state index in [0.717, 1.165) is 13.2 Å². The first-order chi connectivity index (χ1) is 9.96. The first-order valence-corrected chi connectivity index (χ1v) is 5.99. The summed E-state index contributed by atoms with van der Waals surface area (Å²) in [5.74, 6) is -1.98. The molecule has 0 bridgehead atoms. The predicted molar refractivity (Wildman–Crippen MR) is 73.9 cm³/mol. The van der Waals surface area contributed by atoms with Crippen molar-refractivity contribution in [1.29, 1.82) is 0 Å². The number of carbonyl (C=O) groups excluding carboxylic acids is 1. The number of esters is 1. The Bertz CT molecular complexity index is 562. The van der Waals surface area contributed by atoms with E-state index in [2.05, 4.69) is 11.3 Å². The van der Waals surface area contributed by atoms with Crippen molar-refractivity contribution in [2.45, 2.75) is 0 Å². The van der Waals surface area contributed by atoms with Crippen molar-refractivity contribution >= 4 is 17.3 Å². The number of aliphatic hydroxyl groups excluding tert-OH is 1. The van der Waals surface area contributed by atoms with Gasteiger partial charge in [0.05, 0.1) is 30.3 Å². The highest BCUT2D eigenvalue weighted by Gasteiger charge is 2.25. The maximum absolute atomic E-state index is 13.8. The number of rotatable bonds is 7. The number of aliphatic hydroxyl groups is 1. The molecule has 0 aliphatic rings. The largest absolute Gasteiger partial charge is 0.465 e. The smallest absolute Gasteiger partial charge is 0.340 e. The van der Waals surface area contributed by atoms with Crippen LogP contribution in [0.25, 0.3) is 0 Å². The van der Waals surface area contributed by atoms with Gasteiger partial charge in [-0.3, -0.25) is 10.1 Å². The van der Waals surface area contributed by atoms with Gasteiger partial charge in [0.25, 0.3) is 5.69 Å². The lowest BCUT2D eigenvalue weighted by molar-refractivity contribution is -0.384. The minimum atomic E-state index is -1.04. The van der Waals surface area contributed by atoms with E-state index < -0.39 is 28.0 Å². The van der Waals surface area contributed by atoms with Crippen molar-refractivity contribution in [3.05, 3.63) is 46.3 Å². The number of anilines is 1. The molecule has 114 valence electrons. The van der Waals surface area contributed by atoms with Crippen LogP contribution in [0.2, 0.25) is 0 Å². The molecule has 0 aliphatic carbocycles. The Morgan fingerprint density at radius 1 is 1.62 bits per heavy atom. The lowest BCUT2D eigenvalue weighted by atomic mass is 10.1. The highest BCUT2D eigenvalue weighted by molar-refractivity contribution is 5.92. The number of methoxy groups -OCH3 is 1. The van der Waals surface area contributed by atoms with Gasteiger partial charge in [0, 0.05) is 13.1 Å². The maximum Gasteiger partial charge on any atom is 0.340 e. The van der Waals surface area contributed by atoms with Gasteiger partial charge in [0.1, 0.15) is 11.5 Å². The monoisotopic (exact) mass is 298 g/mol. The number of nitro benzene ring substituents is 1. The molecule has 8 heteroatoms. The normalized spacial score (nSPS) is 10.0. The molecule has 0 atom stereocenters. The molecular formula is C13H15FN2O5. The first kappa shape index (κ1) is 16.6. The van der Waals surface area contributed by atoms with Crippen LogP contribution in [-0.4, -0.2) is 42.8 Å². The number of carbonyl (C=O) groups is 1. The number of hydrogen-bond acceptors (Lipinski definition) is 6. The van der Waals surface area contributed by atoms with E-state index >= 15 is 0 Å². The summed E-state index contributed by atoms with van der Waals surface area (Å²) in [5, 5.41) is 20.1. The Hall–Kier alpha value is -2.48. The van der Waals surface area contributed by atoms with Crippen molar-refractivity contribution in [1.82, 2.24) is 0 Å². The zero-order valence-electron chi connectivity index (χ0n) is 11.4. The summed E-state index contributed by atoms with van der Waals surface area (Å²) in [4.78, 5) is 23.2. The molecule has 0 fully saturated rings. The highest BCUT2D eigenvalue weighted by Crippen LogP contribution is 2.31. The third kappa shape index (κ3) is 3.76. The van der Waals surface area contributed by atoms with Gasteiger partial charge in [0.2, 0.25) is 0 Å². The Kier molecular flexibility index (Phi) is 5.79. The van der Waals surface area contributed by atoms with Crippen LogP contribution in [0.1, 0.15) is 10.4 Å². The van der Waals surface area contributed by atoms with Crippen LogP contribution in [0.5, 0.6) is 0 Å². The number of nitro groups is 1. The van der Waals surface area contributed by atoms with Crippen LogP contribution in [0.3, 0.4) is 0 Å². The molecule has 7 nitrogen and oxygen atoms in total. The van der Waals surface area contributed by atoms with Crippen molar-refractivity contribution in [2.75, 3.05) is 31.7 Å². The lowest BCUT2D eigenvalue weighted by Crippen LogP contribution is -2.28. The fraction of sp³-hybridized carbons (Fsp3) is 0.308. The van der Waals surface area contributed by atoms with Gasteiger partial charge >= 0.3 is 5.97 Å². The second kappa shape index (κ2) is 7.34. The number of hydrogen-bond donors (Lipinski definition) is 1. The van der Waals surface area contributed by atoms with E-state index in [1.54, 1.807) is 0 Å². The molecule has 0 aliphatic heterocycles. The minimum absolute atomic E-state index is 0.00995. The minimum Gasteiger partial charge on any atom is -0.465 e. The second-order valence-corrected chi connectivity index (χ2v) is 4.03. The molecule has 0 saturated carbocycles. The standard InChI is InChI=1S/C13H15FN2O5/c1-3-4-15(5-6-17)11-7-9(13(18)21-2)10(14)8-12(11)16(19)20/h3,7-8,17H,1,4-6H2,2H3. The summed E-state index contributed by atoms with van der Waals surface area (Å²) in [5.41, 5.74) is -0.906. The van der Waals surface area contributed by atoms with E-state index in [-0.39, 0.29) is 25.4 Å². The van der Waals surface area contributed by atoms with Crippen LogP contribution in [0.15, 0.2) is 24.8 Å². The molecule has 21 heavy (non-hydrogen) atoms. The van der Waals surface area contributed by atoms with Gasteiger partial charge < -0.3 is 14.7 Å². The summed E-state index contributed by atoms with van der Waals surface area (Å²) in [6, 6.07) is 1.70. The number of halogens is 1. The van der Waals surface area contributed by atoms with Crippen LogP contribution in [0.4, 0.5) is 15.8 Å². The topological polar surface area (TPSA) is 92.9 Å². The third-order valence-electron chi connectivity index (χ3n) is 2.73. The Labute approximate surface area is 120 Å². The molecule has 1 aromatic carbocycles. The number of benzene rings is 1. The Morgan fingerprint density at radius 2 is 2.29 bits per heavy atom. The van der Waals surface area contributed by atoms with Crippen molar-refractivity contribution in [2.24, 2.45) is 0 Å². The van der Waals surface area contributed by atoms with Gasteiger partial charge in [0.15, 0.2) is 0 Å². The molecule has 0 amide bonds. The predicted octanol–water partition coefficient (Wildman–Crippen LogP) is 1.51. The average Bonchev–Trinajstić information content (AvgIpc) is 2.46. The quantitative estimate of drug-likeness (QED) is 0.355. The Morgan fingerprint density at radius 3 is 2.76 bits per heavy atom. The van der Waals surface area contributed by atoms with E-state index in [1.807, 2.05) is 0 Å². The second-order valence-electron chi connectivity index (χ2n) is 4.03. The summed E-state index contributed by atoms with van der Waals surface area (Å²) < 4.78 is 18.2. The van der Waals surface area contributed by atoms with E-state index in [0.29, 0.717) is 6.07 Å². The third-order valence-corrected chi connectivity index (χ3v) is 2.73. The zero-order chi connectivity index (χ0) is 16.0. The molecule has 0 saturated heterocycles. The molecule has 0 radical (unpaired) electrons. The van der Waals surface area contributed by atoms with Crippen LogP contribution in [0, 0.1) is 15.9 Å². The molecule has 1 aromatic rings. The molecule has 1 N–H and O–H groups in total. The van der Waals surface area contributed by atoms with Gasteiger partial charge in [-0.15, -0.1) is 6.58 Å². The van der Waals surface area contributed by atoms with Crippen LogP contribution >= 0.6 is 0 Å². The molecule has 0 heterocycles. The van der Waals surface area contributed by atoms with Crippen LogP contribution < -0.4 is 4.90 Å². The summed E-state index contributed by atoms with van der Waals surface area (Å²) in [7, 11) is 1.08. The van der Waals surface area contributed by atoms with Crippen molar-refractivity contribution < 1.29 is 24.0 Å². The summed E-state index contributed by atoms with van der Waals surface area (Å²) in [6.07, 6.45) is 1.47. The fourth-order valence-electron chi connectivity index (χ4n) is 1.80. The average molecular weight is 298 g/mol. The van der Waals surface area contributed by atoms with Crippen molar-refractivity contribution in [3.63, 3.8) is 0 Å². The maximum atomic E-state index is 13.8. The summed E-state index contributed by atoms with van der Waals surface area (Å²) >= 11 is 0. The molecule has 1 rings (SSSR count). The number of nitrogens with zero attached hydrogens (tertiary/aromatic N) is 2. The summed E-state index contributed by atoms with van der Waals surface area (Å²) in [6.45, 7) is 3.50. The molecular weight excluding hydrogens is 283 g/mol.